The molecule has 1 heterocycles. The van der Waals surface area contributed by atoms with Gasteiger partial charge < -0.3 is 9.47 Å². The molecular formula is C25H27O2P. The molecule has 2 nitrogen and oxygen atoms in total. The minimum absolute atomic E-state index is 0.0366. The number of ether oxygens (including phenoxy) is 2. The fourth-order valence-electron chi connectivity index (χ4n) is 4.04. The van der Waals surface area contributed by atoms with Gasteiger partial charge in [-0.15, -0.1) is 0 Å². The molecule has 28 heavy (non-hydrogen) atoms. The SMILES string of the molecule is COCOC(c1cccc2c3ccccc3p(-c3ccccc3)c12)C(C)(C)C. The molecule has 0 radical (unpaired) electrons. The van der Waals surface area contributed by atoms with Gasteiger partial charge in [-0.1, -0.05) is 101 Å². The standard InChI is InChI=1S/C25H27O2P/c1-25(2,3)24(27-17-26-4)21-15-10-14-20-19-13-8-9-16-22(19)28(23(20)21)18-11-6-5-7-12-18/h5-16,24H,17H2,1-4H3. The van der Waals surface area contributed by atoms with Crippen molar-refractivity contribution in [1.29, 1.82) is 0 Å². The molecule has 0 aliphatic rings. The van der Waals surface area contributed by atoms with Crippen molar-refractivity contribution in [3.63, 3.8) is 0 Å². The quantitative estimate of drug-likeness (QED) is 0.325. The van der Waals surface area contributed by atoms with E-state index in [-0.39, 0.29) is 11.5 Å². The van der Waals surface area contributed by atoms with E-state index in [1.165, 1.54) is 31.9 Å². The molecule has 0 aliphatic carbocycles. The lowest BCUT2D eigenvalue weighted by atomic mass is 9.84. The second-order valence-corrected chi connectivity index (χ2v) is 10.4. The summed E-state index contributed by atoms with van der Waals surface area (Å²) in [6, 6.07) is 26.4. The van der Waals surface area contributed by atoms with Crippen molar-refractivity contribution in [3.8, 4) is 5.30 Å². The van der Waals surface area contributed by atoms with E-state index >= 15 is 0 Å². The van der Waals surface area contributed by atoms with Crippen LogP contribution in [0.1, 0.15) is 32.4 Å². The van der Waals surface area contributed by atoms with Crippen molar-refractivity contribution in [2.75, 3.05) is 13.9 Å². The first kappa shape index (κ1) is 19.2. The highest BCUT2D eigenvalue weighted by atomic mass is 31.1. The zero-order valence-corrected chi connectivity index (χ0v) is 17.9. The topological polar surface area (TPSA) is 18.5 Å². The van der Waals surface area contributed by atoms with Crippen LogP contribution < -0.4 is 0 Å². The smallest absolute Gasteiger partial charge is 0.147 e. The third-order valence-corrected chi connectivity index (χ3v) is 7.79. The minimum Gasteiger partial charge on any atom is -0.359 e. The van der Waals surface area contributed by atoms with Crippen LogP contribution in [-0.2, 0) is 9.47 Å². The highest BCUT2D eigenvalue weighted by molar-refractivity contribution is 7.68. The maximum absolute atomic E-state index is 6.24. The summed E-state index contributed by atoms with van der Waals surface area (Å²) >= 11 is 0. The molecule has 3 aromatic carbocycles. The summed E-state index contributed by atoms with van der Waals surface area (Å²) in [7, 11) is 1.07. The normalized spacial score (nSPS) is 13.9. The summed E-state index contributed by atoms with van der Waals surface area (Å²) in [5, 5.41) is 6.95. The average Bonchev–Trinajstić information content (AvgIpc) is 3.03. The van der Waals surface area contributed by atoms with Gasteiger partial charge in [0.05, 0.1) is 6.10 Å². The molecule has 0 aliphatic heterocycles. The Hall–Kier alpha value is -2.12. The first-order valence-electron chi connectivity index (χ1n) is 9.70. The summed E-state index contributed by atoms with van der Waals surface area (Å²) in [6.07, 6.45) is -0.0366. The molecule has 144 valence electrons. The Morgan fingerprint density at radius 3 is 2.21 bits per heavy atom. The zero-order valence-electron chi connectivity index (χ0n) is 17.0. The molecule has 0 bridgehead atoms. The molecule has 0 spiro atoms. The van der Waals surface area contributed by atoms with E-state index in [1.807, 2.05) is 0 Å². The third kappa shape index (κ3) is 3.37. The fraction of sp³-hybridized carbons (Fsp3) is 0.280. The lowest BCUT2D eigenvalue weighted by molar-refractivity contribution is -0.109. The predicted octanol–water partition coefficient (Wildman–Crippen LogP) is 7.68. The lowest BCUT2D eigenvalue weighted by Crippen LogP contribution is -2.22. The second kappa shape index (κ2) is 7.72. The first-order valence-corrected chi connectivity index (χ1v) is 11.0. The van der Waals surface area contributed by atoms with Gasteiger partial charge in [-0.2, -0.15) is 0 Å². The van der Waals surface area contributed by atoms with Crippen molar-refractivity contribution in [3.05, 3.63) is 78.4 Å². The Kier molecular flexibility index (Phi) is 5.29. The molecule has 0 amide bonds. The van der Waals surface area contributed by atoms with Gasteiger partial charge in [0, 0.05) is 17.3 Å². The summed E-state index contributed by atoms with van der Waals surface area (Å²) in [4.78, 5) is 0. The van der Waals surface area contributed by atoms with E-state index in [0.717, 1.165) is 0 Å². The van der Waals surface area contributed by atoms with Crippen molar-refractivity contribution >= 4 is 28.5 Å². The molecule has 3 heteroatoms. The Morgan fingerprint density at radius 1 is 0.821 bits per heavy atom. The first-order chi connectivity index (χ1) is 13.5. The third-order valence-electron chi connectivity index (χ3n) is 5.16. The fourth-order valence-corrected chi connectivity index (χ4v) is 6.85. The number of hydrogen-bond donors (Lipinski definition) is 0. The minimum atomic E-state index is -0.608. The van der Waals surface area contributed by atoms with E-state index in [2.05, 4.69) is 93.6 Å². The molecular weight excluding hydrogens is 363 g/mol. The molecule has 4 rings (SSSR count). The van der Waals surface area contributed by atoms with E-state index in [4.69, 9.17) is 9.47 Å². The van der Waals surface area contributed by atoms with Crippen LogP contribution >= 0.6 is 7.53 Å². The van der Waals surface area contributed by atoms with Gasteiger partial charge in [-0.3, -0.25) is 0 Å². The number of benzene rings is 3. The van der Waals surface area contributed by atoms with Crippen LogP contribution in [0, 0.1) is 5.41 Å². The Balaban J connectivity index is 2.09. The molecule has 0 saturated carbocycles. The summed E-state index contributed by atoms with van der Waals surface area (Å²) in [6.45, 7) is 7.00. The highest BCUT2D eigenvalue weighted by Crippen LogP contribution is 2.58. The van der Waals surface area contributed by atoms with Crippen molar-refractivity contribution in [2.24, 2.45) is 5.41 Å². The van der Waals surface area contributed by atoms with Crippen LogP contribution in [-0.4, -0.2) is 13.9 Å². The molecule has 4 aromatic rings. The van der Waals surface area contributed by atoms with Gasteiger partial charge in [0.15, 0.2) is 0 Å². The molecule has 2 unspecified atom stereocenters. The van der Waals surface area contributed by atoms with Crippen molar-refractivity contribution < 1.29 is 9.47 Å². The van der Waals surface area contributed by atoms with Gasteiger partial charge in [0.25, 0.3) is 0 Å². The molecule has 0 N–H and O–H groups in total. The van der Waals surface area contributed by atoms with E-state index in [1.54, 1.807) is 7.11 Å². The summed E-state index contributed by atoms with van der Waals surface area (Å²) < 4.78 is 11.5. The summed E-state index contributed by atoms with van der Waals surface area (Å²) in [5.41, 5.74) is 1.24. The van der Waals surface area contributed by atoms with Gasteiger partial charge in [0.1, 0.15) is 6.79 Å². The lowest BCUT2D eigenvalue weighted by Gasteiger charge is -2.31. The van der Waals surface area contributed by atoms with E-state index < -0.39 is 7.53 Å². The van der Waals surface area contributed by atoms with Crippen LogP contribution in [0.25, 0.3) is 26.3 Å². The van der Waals surface area contributed by atoms with Crippen LogP contribution in [0.5, 0.6) is 0 Å². The van der Waals surface area contributed by atoms with Gasteiger partial charge >= 0.3 is 0 Å². The summed E-state index contributed by atoms with van der Waals surface area (Å²) in [5.74, 6) is 0. The van der Waals surface area contributed by atoms with Crippen LogP contribution in [0.15, 0.2) is 72.8 Å². The van der Waals surface area contributed by atoms with Crippen LogP contribution in [0.4, 0.5) is 0 Å². The number of methoxy groups -OCH3 is 1. The maximum Gasteiger partial charge on any atom is 0.147 e. The van der Waals surface area contributed by atoms with Gasteiger partial charge in [-0.25, -0.2) is 0 Å². The molecule has 0 fully saturated rings. The Bertz CT molecular complexity index is 1090. The molecule has 1 aromatic heterocycles. The largest absolute Gasteiger partial charge is 0.359 e. The highest BCUT2D eigenvalue weighted by Gasteiger charge is 2.30. The molecule has 2 atom stereocenters. The van der Waals surface area contributed by atoms with Crippen LogP contribution in [0.3, 0.4) is 0 Å². The predicted molar refractivity (Wildman–Crippen MR) is 121 cm³/mol. The number of hydrogen-bond acceptors (Lipinski definition) is 2. The van der Waals surface area contributed by atoms with E-state index in [9.17, 15) is 0 Å². The second-order valence-electron chi connectivity index (χ2n) is 8.25. The van der Waals surface area contributed by atoms with Gasteiger partial charge in [0.2, 0.25) is 0 Å². The van der Waals surface area contributed by atoms with Crippen LogP contribution in [0.2, 0.25) is 0 Å². The Morgan fingerprint density at radius 2 is 1.50 bits per heavy atom. The number of fused-ring (bicyclic) bond motifs is 3. The zero-order chi connectivity index (χ0) is 19.7. The monoisotopic (exact) mass is 390 g/mol. The Labute approximate surface area is 168 Å². The average molecular weight is 390 g/mol. The van der Waals surface area contributed by atoms with E-state index in [0.29, 0.717) is 6.79 Å². The van der Waals surface area contributed by atoms with Crippen molar-refractivity contribution in [2.45, 2.75) is 26.9 Å². The van der Waals surface area contributed by atoms with Gasteiger partial charge in [-0.05, 0) is 27.1 Å². The maximum atomic E-state index is 6.24. The number of rotatable bonds is 5. The van der Waals surface area contributed by atoms with Crippen molar-refractivity contribution in [1.82, 2.24) is 0 Å². The molecule has 0 saturated heterocycles.